The zero-order valence-corrected chi connectivity index (χ0v) is 24.0. The second-order valence-corrected chi connectivity index (χ2v) is 11.1. The molecule has 0 aliphatic heterocycles. The average molecular weight is 535 g/mol. The molecule has 6 heteroatoms. The predicted octanol–water partition coefficient (Wildman–Crippen LogP) is 6.53. The number of carbonyl (C=O) groups excluding carboxylic acids is 2. The minimum absolute atomic E-state index is 0.0708. The van der Waals surface area contributed by atoms with E-state index in [1.54, 1.807) is 11.9 Å². The highest BCUT2D eigenvalue weighted by atomic mass is 16.2. The summed E-state index contributed by atoms with van der Waals surface area (Å²) in [5.41, 5.74) is 15.1. The van der Waals surface area contributed by atoms with E-state index in [9.17, 15) is 9.59 Å². The Hall–Kier alpha value is -4.45. The number of aromatic amines is 1. The molecule has 40 heavy (non-hydrogen) atoms. The molecule has 206 valence electrons. The summed E-state index contributed by atoms with van der Waals surface area (Å²) in [5.74, 6) is -0.446. The van der Waals surface area contributed by atoms with Crippen LogP contribution in [0.25, 0.3) is 22.8 Å². The zero-order valence-electron chi connectivity index (χ0n) is 24.0. The van der Waals surface area contributed by atoms with Gasteiger partial charge in [0.15, 0.2) is 0 Å². The number of hydrogen-bond acceptors (Lipinski definition) is 3. The van der Waals surface area contributed by atoms with Crippen molar-refractivity contribution in [1.82, 2.24) is 14.9 Å². The second kappa shape index (κ2) is 11.7. The Morgan fingerprint density at radius 3 is 2.52 bits per heavy atom. The number of aromatic nitrogens is 2. The first-order valence-electron chi connectivity index (χ1n) is 13.5. The molecule has 0 saturated heterocycles. The molecule has 1 aliphatic rings. The molecule has 3 N–H and O–H groups in total. The van der Waals surface area contributed by atoms with E-state index >= 15 is 0 Å². The first kappa shape index (κ1) is 28.6. The maximum Gasteiger partial charge on any atom is 0.227 e. The van der Waals surface area contributed by atoms with Crippen molar-refractivity contribution >= 4 is 34.6 Å². The summed E-state index contributed by atoms with van der Waals surface area (Å²) in [6, 6.07) is 14.0. The lowest BCUT2D eigenvalue weighted by molar-refractivity contribution is -0.125. The zero-order chi connectivity index (χ0) is 29.0. The summed E-state index contributed by atoms with van der Waals surface area (Å²) in [4.78, 5) is 33.7. The van der Waals surface area contributed by atoms with Crippen molar-refractivity contribution in [1.29, 1.82) is 0 Å². The number of nitrogens with zero attached hydrogens (tertiary/aromatic N) is 2. The Morgan fingerprint density at radius 2 is 1.85 bits per heavy atom. The third-order valence-corrected chi connectivity index (χ3v) is 7.65. The molecule has 2 amide bonds. The van der Waals surface area contributed by atoms with Crippen LogP contribution in [0.15, 0.2) is 79.3 Å². The molecule has 0 bridgehead atoms. The number of hydrogen-bond donors (Lipinski definition) is 2. The number of rotatable bonds is 8. The molecule has 0 radical (unpaired) electrons. The average Bonchev–Trinajstić information content (AvgIpc) is 3.36. The lowest BCUT2D eigenvalue weighted by atomic mass is 9.83. The molecule has 3 aromatic rings. The quantitative estimate of drug-likeness (QED) is 0.344. The van der Waals surface area contributed by atoms with E-state index < -0.39 is 5.41 Å². The van der Waals surface area contributed by atoms with Crippen molar-refractivity contribution in [3.05, 3.63) is 113 Å². The number of benzene rings is 1. The van der Waals surface area contributed by atoms with Gasteiger partial charge >= 0.3 is 0 Å². The third-order valence-electron chi connectivity index (χ3n) is 7.65. The summed E-state index contributed by atoms with van der Waals surface area (Å²) < 4.78 is 0. The number of aryl methyl sites for hydroxylation is 1. The van der Waals surface area contributed by atoms with Crippen molar-refractivity contribution in [3.63, 3.8) is 0 Å². The Bertz CT molecular complexity index is 1530. The number of carbonyl (C=O) groups is 2. The van der Waals surface area contributed by atoms with Crippen LogP contribution in [-0.2, 0) is 21.4 Å². The smallest absolute Gasteiger partial charge is 0.227 e. The summed E-state index contributed by atoms with van der Waals surface area (Å²) >= 11 is 0. The highest BCUT2D eigenvalue weighted by Gasteiger charge is 2.27. The standard InChI is InChI=1S/C34H38N4O2/c1-22-7-12-31-27(14-16-36-31)19-28(17-22)26-13-15-37-32(20-26)29(21-38(6)24(3)39)18-23(2)25-8-10-30(11-9-25)34(4,5)33(35)40/h8-11,13-17,19-21,36H,2,7,12,18H2,1,3-6H3,(H2,35,40). The fourth-order valence-corrected chi connectivity index (χ4v) is 4.71. The van der Waals surface area contributed by atoms with Gasteiger partial charge in [-0.25, -0.2) is 0 Å². The summed E-state index contributed by atoms with van der Waals surface area (Å²) in [6.45, 7) is 11.7. The van der Waals surface area contributed by atoms with Crippen molar-refractivity contribution in [2.45, 2.75) is 52.4 Å². The first-order chi connectivity index (χ1) is 19.0. The molecule has 1 aliphatic carbocycles. The lowest BCUT2D eigenvalue weighted by Gasteiger charge is -2.21. The maximum absolute atomic E-state index is 12.1. The fourth-order valence-electron chi connectivity index (χ4n) is 4.71. The van der Waals surface area contributed by atoms with Crippen molar-refractivity contribution < 1.29 is 9.59 Å². The van der Waals surface area contributed by atoms with E-state index in [0.717, 1.165) is 51.9 Å². The van der Waals surface area contributed by atoms with E-state index in [2.05, 4.69) is 42.8 Å². The van der Waals surface area contributed by atoms with Gasteiger partial charge in [-0.15, -0.1) is 0 Å². The largest absolute Gasteiger partial charge is 0.369 e. The topological polar surface area (TPSA) is 92.1 Å². The summed E-state index contributed by atoms with van der Waals surface area (Å²) in [6.07, 6.45) is 12.6. The number of H-pyrrole nitrogens is 1. The number of nitrogens with two attached hydrogens (primary N) is 1. The van der Waals surface area contributed by atoms with Gasteiger partial charge in [-0.2, -0.15) is 0 Å². The normalized spacial score (nSPS) is 13.9. The number of amides is 2. The van der Waals surface area contributed by atoms with Gasteiger partial charge in [-0.05, 0) is 96.9 Å². The van der Waals surface area contributed by atoms with E-state index in [0.29, 0.717) is 6.42 Å². The van der Waals surface area contributed by atoms with Crippen LogP contribution in [0.2, 0.25) is 0 Å². The van der Waals surface area contributed by atoms with Gasteiger partial charge in [-0.1, -0.05) is 42.5 Å². The molecule has 2 aromatic heterocycles. The van der Waals surface area contributed by atoms with Crippen LogP contribution in [0.4, 0.5) is 0 Å². The SMILES string of the molecule is C=C(CC(=CN(C)C(C)=O)c1cc(C2=Cc3cc[nH]c3CCC(C)=C2)ccn1)c1ccc(C(C)(C)C(N)=O)cc1. The fraction of sp³-hybridized carbons (Fsp3) is 0.265. The molecule has 2 heterocycles. The molecule has 0 atom stereocenters. The van der Waals surface area contributed by atoms with Crippen LogP contribution in [0.1, 0.15) is 74.2 Å². The first-order valence-corrected chi connectivity index (χ1v) is 13.5. The highest BCUT2D eigenvalue weighted by Crippen LogP contribution is 2.32. The summed E-state index contributed by atoms with van der Waals surface area (Å²) in [5, 5.41) is 0. The third kappa shape index (κ3) is 6.40. The molecule has 0 unspecified atom stereocenters. The number of allylic oxidation sites excluding steroid dienone is 5. The molecule has 1 aromatic carbocycles. The van der Waals surface area contributed by atoms with Gasteiger partial charge in [0.1, 0.15) is 0 Å². The van der Waals surface area contributed by atoms with E-state index in [1.165, 1.54) is 23.8 Å². The molecule has 0 spiro atoms. The van der Waals surface area contributed by atoms with Crippen molar-refractivity contribution in [2.24, 2.45) is 5.73 Å². The number of nitrogens with one attached hydrogen (secondary N) is 1. The van der Waals surface area contributed by atoms with Gasteiger partial charge < -0.3 is 15.6 Å². The van der Waals surface area contributed by atoms with Crippen LogP contribution in [0, 0.1) is 0 Å². The van der Waals surface area contributed by atoms with Gasteiger partial charge in [0.25, 0.3) is 0 Å². The van der Waals surface area contributed by atoms with E-state index in [1.807, 2.05) is 62.8 Å². The lowest BCUT2D eigenvalue weighted by Crippen LogP contribution is -2.35. The summed E-state index contributed by atoms with van der Waals surface area (Å²) in [7, 11) is 1.74. The van der Waals surface area contributed by atoms with Gasteiger partial charge in [0.2, 0.25) is 11.8 Å². The predicted molar refractivity (Wildman–Crippen MR) is 164 cm³/mol. The van der Waals surface area contributed by atoms with E-state index in [4.69, 9.17) is 10.7 Å². The van der Waals surface area contributed by atoms with Crippen LogP contribution in [0.3, 0.4) is 0 Å². The van der Waals surface area contributed by atoms with Crippen molar-refractivity contribution in [3.8, 4) is 0 Å². The molecular formula is C34H38N4O2. The molecule has 0 fully saturated rings. The molecule has 0 saturated carbocycles. The monoisotopic (exact) mass is 534 g/mol. The van der Waals surface area contributed by atoms with Crippen LogP contribution in [-0.4, -0.2) is 33.7 Å². The van der Waals surface area contributed by atoms with Crippen LogP contribution < -0.4 is 5.73 Å². The minimum atomic E-state index is -0.765. The van der Waals surface area contributed by atoms with Crippen molar-refractivity contribution in [2.75, 3.05) is 7.05 Å². The van der Waals surface area contributed by atoms with E-state index in [-0.39, 0.29) is 11.8 Å². The highest BCUT2D eigenvalue weighted by molar-refractivity contribution is 5.90. The molecular weight excluding hydrogens is 496 g/mol. The van der Waals surface area contributed by atoms with Gasteiger partial charge in [0, 0.05) is 44.7 Å². The minimum Gasteiger partial charge on any atom is -0.369 e. The number of pyridine rings is 1. The second-order valence-electron chi connectivity index (χ2n) is 11.1. The molecule has 4 rings (SSSR count). The van der Waals surface area contributed by atoms with Crippen LogP contribution in [0.5, 0.6) is 0 Å². The Labute approximate surface area is 237 Å². The Balaban J connectivity index is 1.69. The molecule has 6 nitrogen and oxygen atoms in total. The Kier molecular flexibility index (Phi) is 8.38. The Morgan fingerprint density at radius 1 is 1.12 bits per heavy atom. The maximum atomic E-state index is 12.1. The van der Waals surface area contributed by atoms with Crippen LogP contribution >= 0.6 is 0 Å². The van der Waals surface area contributed by atoms with Gasteiger partial charge in [0.05, 0.1) is 11.1 Å². The number of primary amides is 1. The van der Waals surface area contributed by atoms with Gasteiger partial charge in [-0.3, -0.25) is 14.6 Å². The number of fused-ring (bicyclic) bond motifs is 1.